The first kappa shape index (κ1) is 12.6. The number of Topliss-reactive ketones (excluding diaryl/α,β-unsaturated/α-hetero) is 1. The molecule has 0 aromatic carbocycles. The molecular formula is C11H23NO. The second-order valence-corrected chi connectivity index (χ2v) is 3.76. The molecule has 0 fully saturated rings. The molecule has 0 aliphatic heterocycles. The van der Waals surface area contributed by atoms with E-state index < -0.39 is 0 Å². The minimum atomic E-state index is 0.304. The third kappa shape index (κ3) is 5.81. The molecule has 0 N–H and O–H groups in total. The predicted octanol–water partition coefficient (Wildman–Crippen LogP) is 2.48. The van der Waals surface area contributed by atoms with Crippen LogP contribution in [-0.2, 0) is 4.79 Å². The Hall–Kier alpha value is -0.370. The van der Waals surface area contributed by atoms with Gasteiger partial charge in [0.2, 0.25) is 0 Å². The number of hydrogen-bond donors (Lipinski definition) is 0. The van der Waals surface area contributed by atoms with E-state index >= 15 is 0 Å². The lowest BCUT2D eigenvalue weighted by molar-refractivity contribution is -0.117. The molecular weight excluding hydrogens is 162 g/mol. The SMILES string of the molecule is CCC(CC)N(C)CCCC(C)=O. The molecule has 0 saturated heterocycles. The van der Waals surface area contributed by atoms with E-state index in [1.54, 1.807) is 6.92 Å². The van der Waals surface area contributed by atoms with Crippen LogP contribution in [0.1, 0.15) is 46.5 Å². The summed E-state index contributed by atoms with van der Waals surface area (Å²) in [6.45, 7) is 7.15. The normalized spacial score (nSPS) is 11.2. The van der Waals surface area contributed by atoms with Crippen molar-refractivity contribution in [2.45, 2.75) is 52.5 Å². The average Bonchev–Trinajstić information content (AvgIpc) is 2.05. The van der Waals surface area contributed by atoms with Gasteiger partial charge >= 0.3 is 0 Å². The van der Waals surface area contributed by atoms with Gasteiger partial charge in [-0.15, -0.1) is 0 Å². The van der Waals surface area contributed by atoms with E-state index in [9.17, 15) is 4.79 Å². The Balaban J connectivity index is 3.59. The lowest BCUT2D eigenvalue weighted by Gasteiger charge is -2.25. The largest absolute Gasteiger partial charge is 0.303 e. The molecule has 78 valence electrons. The number of carbonyl (C=O) groups excluding carboxylic acids is 1. The molecule has 0 atom stereocenters. The maximum atomic E-state index is 10.7. The maximum absolute atomic E-state index is 10.7. The summed E-state index contributed by atoms with van der Waals surface area (Å²) in [4.78, 5) is 13.1. The quantitative estimate of drug-likeness (QED) is 0.607. The Morgan fingerprint density at radius 3 is 2.23 bits per heavy atom. The van der Waals surface area contributed by atoms with Crippen molar-refractivity contribution in [1.29, 1.82) is 0 Å². The Morgan fingerprint density at radius 2 is 1.85 bits per heavy atom. The summed E-state index contributed by atoms with van der Waals surface area (Å²) >= 11 is 0. The van der Waals surface area contributed by atoms with Crippen LogP contribution in [0.5, 0.6) is 0 Å². The molecule has 0 heterocycles. The van der Waals surface area contributed by atoms with Gasteiger partial charge in [-0.05, 0) is 39.8 Å². The van der Waals surface area contributed by atoms with Crippen molar-refractivity contribution in [3.8, 4) is 0 Å². The van der Waals surface area contributed by atoms with E-state index in [0.29, 0.717) is 11.8 Å². The highest BCUT2D eigenvalue weighted by Crippen LogP contribution is 2.07. The zero-order valence-electron chi connectivity index (χ0n) is 9.47. The van der Waals surface area contributed by atoms with E-state index in [0.717, 1.165) is 19.4 Å². The first-order valence-electron chi connectivity index (χ1n) is 5.31. The van der Waals surface area contributed by atoms with Gasteiger partial charge in [0.25, 0.3) is 0 Å². The van der Waals surface area contributed by atoms with Crippen LogP contribution in [0.3, 0.4) is 0 Å². The van der Waals surface area contributed by atoms with E-state index in [4.69, 9.17) is 0 Å². The van der Waals surface area contributed by atoms with Gasteiger partial charge in [-0.3, -0.25) is 0 Å². The first-order chi connectivity index (χ1) is 6.11. The number of rotatable bonds is 7. The summed E-state index contributed by atoms with van der Waals surface area (Å²) in [6, 6.07) is 0.687. The Morgan fingerprint density at radius 1 is 1.31 bits per heavy atom. The standard InChI is InChI=1S/C11H23NO/c1-5-11(6-2)12(4)9-7-8-10(3)13/h11H,5-9H2,1-4H3. The maximum Gasteiger partial charge on any atom is 0.129 e. The van der Waals surface area contributed by atoms with Crippen molar-refractivity contribution in [1.82, 2.24) is 4.90 Å². The minimum Gasteiger partial charge on any atom is -0.303 e. The molecule has 0 aliphatic rings. The van der Waals surface area contributed by atoms with E-state index in [-0.39, 0.29) is 0 Å². The number of nitrogens with zero attached hydrogens (tertiary/aromatic N) is 1. The van der Waals surface area contributed by atoms with Crippen LogP contribution in [0.4, 0.5) is 0 Å². The van der Waals surface area contributed by atoms with Gasteiger partial charge in [-0.2, -0.15) is 0 Å². The molecule has 0 radical (unpaired) electrons. The Kier molecular flexibility index (Phi) is 6.87. The van der Waals surface area contributed by atoms with Gasteiger partial charge in [0.05, 0.1) is 0 Å². The van der Waals surface area contributed by atoms with Gasteiger partial charge in [0.15, 0.2) is 0 Å². The Bertz CT molecular complexity index is 141. The van der Waals surface area contributed by atoms with Gasteiger partial charge in [-0.25, -0.2) is 0 Å². The van der Waals surface area contributed by atoms with Crippen LogP contribution < -0.4 is 0 Å². The molecule has 2 nitrogen and oxygen atoms in total. The van der Waals surface area contributed by atoms with Crippen molar-refractivity contribution >= 4 is 5.78 Å². The second-order valence-electron chi connectivity index (χ2n) is 3.76. The highest BCUT2D eigenvalue weighted by atomic mass is 16.1. The lowest BCUT2D eigenvalue weighted by Crippen LogP contribution is -2.31. The van der Waals surface area contributed by atoms with Crippen LogP contribution in [-0.4, -0.2) is 30.3 Å². The molecule has 0 spiro atoms. The lowest BCUT2D eigenvalue weighted by atomic mass is 10.1. The Labute approximate surface area is 82.3 Å². The highest BCUT2D eigenvalue weighted by molar-refractivity contribution is 5.75. The van der Waals surface area contributed by atoms with Crippen LogP contribution in [0.25, 0.3) is 0 Å². The monoisotopic (exact) mass is 185 g/mol. The molecule has 13 heavy (non-hydrogen) atoms. The first-order valence-corrected chi connectivity index (χ1v) is 5.31. The molecule has 0 bridgehead atoms. The van der Waals surface area contributed by atoms with Crippen LogP contribution >= 0.6 is 0 Å². The van der Waals surface area contributed by atoms with Crippen LogP contribution in [0, 0.1) is 0 Å². The van der Waals surface area contributed by atoms with Crippen molar-refractivity contribution in [3.63, 3.8) is 0 Å². The highest BCUT2D eigenvalue weighted by Gasteiger charge is 2.09. The van der Waals surface area contributed by atoms with Crippen molar-refractivity contribution < 1.29 is 4.79 Å². The van der Waals surface area contributed by atoms with Crippen molar-refractivity contribution in [2.24, 2.45) is 0 Å². The van der Waals surface area contributed by atoms with E-state index in [2.05, 4.69) is 25.8 Å². The smallest absolute Gasteiger partial charge is 0.129 e. The summed E-state index contributed by atoms with van der Waals surface area (Å²) < 4.78 is 0. The van der Waals surface area contributed by atoms with Crippen molar-refractivity contribution in [3.05, 3.63) is 0 Å². The molecule has 0 aromatic rings. The summed E-state index contributed by atoms with van der Waals surface area (Å²) in [5, 5.41) is 0. The van der Waals surface area contributed by atoms with Gasteiger partial charge in [0, 0.05) is 12.5 Å². The molecule has 0 aromatic heterocycles. The number of carbonyl (C=O) groups is 1. The van der Waals surface area contributed by atoms with Crippen LogP contribution in [0.15, 0.2) is 0 Å². The van der Waals surface area contributed by atoms with Gasteiger partial charge in [-0.1, -0.05) is 13.8 Å². The minimum absolute atomic E-state index is 0.304. The van der Waals surface area contributed by atoms with Crippen LogP contribution in [0.2, 0.25) is 0 Å². The van der Waals surface area contributed by atoms with E-state index in [1.165, 1.54) is 12.8 Å². The fraction of sp³-hybridized carbons (Fsp3) is 0.909. The number of ketones is 1. The molecule has 0 rings (SSSR count). The summed E-state index contributed by atoms with van der Waals surface area (Å²) in [5.74, 6) is 0.304. The second kappa shape index (κ2) is 7.07. The molecule has 0 unspecified atom stereocenters. The number of hydrogen-bond acceptors (Lipinski definition) is 2. The van der Waals surface area contributed by atoms with E-state index in [1.807, 2.05) is 0 Å². The summed E-state index contributed by atoms with van der Waals surface area (Å²) in [6.07, 6.45) is 4.13. The average molecular weight is 185 g/mol. The summed E-state index contributed by atoms with van der Waals surface area (Å²) in [7, 11) is 2.15. The predicted molar refractivity (Wildman–Crippen MR) is 56.9 cm³/mol. The van der Waals surface area contributed by atoms with Gasteiger partial charge < -0.3 is 9.69 Å². The zero-order valence-corrected chi connectivity index (χ0v) is 9.47. The molecule has 0 amide bonds. The third-order valence-electron chi connectivity index (χ3n) is 2.61. The molecule has 0 aliphatic carbocycles. The zero-order chi connectivity index (χ0) is 10.3. The third-order valence-corrected chi connectivity index (χ3v) is 2.61. The van der Waals surface area contributed by atoms with Crippen molar-refractivity contribution in [2.75, 3.05) is 13.6 Å². The fourth-order valence-electron chi connectivity index (χ4n) is 1.67. The fourth-order valence-corrected chi connectivity index (χ4v) is 1.67. The summed E-state index contributed by atoms with van der Waals surface area (Å²) in [5.41, 5.74) is 0. The van der Waals surface area contributed by atoms with Gasteiger partial charge in [0.1, 0.15) is 5.78 Å². The molecule has 0 saturated carbocycles. The molecule has 2 heteroatoms. The topological polar surface area (TPSA) is 20.3 Å².